The number of carbonyl (C=O) groups excluding carboxylic acids is 1. The molecule has 0 spiro atoms. The Balaban J connectivity index is 1.50. The van der Waals surface area contributed by atoms with E-state index in [9.17, 15) is 4.79 Å². The number of carbonyl (C=O) groups is 1. The van der Waals surface area contributed by atoms with Gasteiger partial charge in [0, 0.05) is 6.04 Å². The van der Waals surface area contributed by atoms with Gasteiger partial charge in [0.15, 0.2) is 0 Å². The van der Waals surface area contributed by atoms with Gasteiger partial charge < -0.3 is 10.1 Å². The fraction of sp³-hybridized carbons (Fsp3) is 0.533. The van der Waals surface area contributed by atoms with E-state index in [0.717, 1.165) is 12.0 Å². The minimum absolute atomic E-state index is 0.0796. The molecule has 1 aliphatic heterocycles. The summed E-state index contributed by atoms with van der Waals surface area (Å²) in [6.07, 6.45) is 4.74. The molecule has 1 heterocycles. The molecule has 1 unspecified atom stereocenters. The summed E-state index contributed by atoms with van der Waals surface area (Å²) in [5, 5.41) is 3.41. The van der Waals surface area contributed by atoms with Crippen molar-refractivity contribution in [2.24, 2.45) is 5.92 Å². The van der Waals surface area contributed by atoms with Gasteiger partial charge in [0.05, 0.1) is 0 Å². The number of ether oxygens (including phenoxy) is 1. The van der Waals surface area contributed by atoms with Gasteiger partial charge in [-0.05, 0) is 30.7 Å². The van der Waals surface area contributed by atoms with Crippen molar-refractivity contribution in [2.75, 3.05) is 0 Å². The third-order valence-corrected chi connectivity index (χ3v) is 4.12. The monoisotopic (exact) mass is 245 g/mol. The molecule has 0 radical (unpaired) electrons. The Morgan fingerprint density at radius 2 is 2.11 bits per heavy atom. The number of hydrogen-bond donors (Lipinski definition) is 1. The zero-order chi connectivity index (χ0) is 12.4. The third-order valence-electron chi connectivity index (χ3n) is 4.12. The second-order valence-electron chi connectivity index (χ2n) is 5.35. The van der Waals surface area contributed by atoms with Crippen molar-refractivity contribution in [3.05, 3.63) is 35.9 Å². The lowest BCUT2D eigenvalue weighted by atomic mass is 10.0. The second-order valence-corrected chi connectivity index (χ2v) is 5.35. The summed E-state index contributed by atoms with van der Waals surface area (Å²) in [6.45, 7) is 0.382. The van der Waals surface area contributed by atoms with Gasteiger partial charge >= 0.3 is 5.97 Å². The van der Waals surface area contributed by atoms with E-state index in [4.69, 9.17) is 4.74 Å². The van der Waals surface area contributed by atoms with E-state index in [1.165, 1.54) is 19.3 Å². The molecule has 3 atom stereocenters. The lowest BCUT2D eigenvalue weighted by Crippen LogP contribution is -2.36. The molecule has 96 valence electrons. The van der Waals surface area contributed by atoms with Gasteiger partial charge in [0.25, 0.3) is 0 Å². The Labute approximate surface area is 108 Å². The minimum Gasteiger partial charge on any atom is -0.460 e. The van der Waals surface area contributed by atoms with Gasteiger partial charge in [-0.25, -0.2) is 0 Å². The average Bonchev–Trinajstić information content (AvgIpc) is 2.98. The van der Waals surface area contributed by atoms with Crippen LogP contribution in [-0.4, -0.2) is 18.1 Å². The van der Waals surface area contributed by atoms with Crippen LogP contribution in [0, 0.1) is 5.92 Å². The zero-order valence-corrected chi connectivity index (χ0v) is 10.5. The molecule has 1 aromatic carbocycles. The Morgan fingerprint density at radius 3 is 2.89 bits per heavy atom. The number of fused-ring (bicyclic) bond motifs is 1. The van der Waals surface area contributed by atoms with Gasteiger partial charge in [-0.2, -0.15) is 0 Å². The summed E-state index contributed by atoms with van der Waals surface area (Å²) >= 11 is 0. The minimum atomic E-state index is -0.0896. The molecule has 1 aliphatic carbocycles. The van der Waals surface area contributed by atoms with Crippen molar-refractivity contribution in [1.82, 2.24) is 5.32 Å². The van der Waals surface area contributed by atoms with Gasteiger partial charge in [-0.15, -0.1) is 0 Å². The Kier molecular flexibility index (Phi) is 3.33. The largest absolute Gasteiger partial charge is 0.460 e. The van der Waals surface area contributed by atoms with Crippen LogP contribution in [0.5, 0.6) is 0 Å². The van der Waals surface area contributed by atoms with Crippen molar-refractivity contribution in [1.29, 1.82) is 0 Å². The SMILES string of the molecule is O=C(OCc1ccccc1)[C@@H]1CC2CCC[C@@H]2N1. The molecule has 0 bridgehead atoms. The Bertz CT molecular complexity index is 406. The molecular weight excluding hydrogens is 226 g/mol. The molecule has 2 fully saturated rings. The standard InChI is InChI=1S/C15H19NO2/c17-15(18-10-11-5-2-1-3-6-11)14-9-12-7-4-8-13(12)16-14/h1-3,5-6,12-14,16H,4,7-10H2/t12?,13-,14-/m0/s1. The summed E-state index contributed by atoms with van der Waals surface area (Å²) in [5.41, 5.74) is 1.05. The van der Waals surface area contributed by atoms with E-state index in [-0.39, 0.29) is 12.0 Å². The number of rotatable bonds is 3. The molecule has 1 aromatic rings. The molecule has 0 aromatic heterocycles. The maximum atomic E-state index is 12.0. The fourth-order valence-electron chi connectivity index (χ4n) is 3.16. The van der Waals surface area contributed by atoms with Crippen molar-refractivity contribution in [3.8, 4) is 0 Å². The van der Waals surface area contributed by atoms with E-state index in [1.54, 1.807) is 0 Å². The lowest BCUT2D eigenvalue weighted by Gasteiger charge is -2.12. The molecule has 0 amide bonds. The van der Waals surface area contributed by atoms with E-state index < -0.39 is 0 Å². The molecule has 18 heavy (non-hydrogen) atoms. The summed E-state index contributed by atoms with van der Waals surface area (Å²) in [5.74, 6) is 0.604. The summed E-state index contributed by atoms with van der Waals surface area (Å²) in [6, 6.07) is 10.3. The van der Waals surface area contributed by atoms with Crippen LogP contribution in [0.2, 0.25) is 0 Å². The number of esters is 1. The number of benzene rings is 1. The van der Waals surface area contributed by atoms with Crippen LogP contribution in [-0.2, 0) is 16.1 Å². The molecule has 2 aliphatic rings. The predicted octanol–water partition coefficient (Wildman–Crippen LogP) is 2.26. The summed E-state index contributed by atoms with van der Waals surface area (Å²) < 4.78 is 5.38. The first kappa shape index (κ1) is 11.7. The second kappa shape index (κ2) is 5.11. The van der Waals surface area contributed by atoms with Crippen LogP contribution in [0.4, 0.5) is 0 Å². The normalized spacial score (nSPS) is 30.1. The van der Waals surface area contributed by atoms with Gasteiger partial charge in [-0.3, -0.25) is 4.79 Å². The summed E-state index contributed by atoms with van der Waals surface area (Å²) in [4.78, 5) is 12.0. The predicted molar refractivity (Wildman–Crippen MR) is 68.9 cm³/mol. The number of nitrogens with one attached hydrogen (secondary N) is 1. The van der Waals surface area contributed by atoms with Gasteiger partial charge in [-0.1, -0.05) is 36.8 Å². The third kappa shape index (κ3) is 2.41. The molecular formula is C15H19NO2. The van der Waals surface area contributed by atoms with Crippen LogP contribution in [0.25, 0.3) is 0 Å². The lowest BCUT2D eigenvalue weighted by molar-refractivity contribution is -0.147. The first-order chi connectivity index (χ1) is 8.83. The molecule has 3 rings (SSSR count). The van der Waals surface area contributed by atoms with E-state index >= 15 is 0 Å². The van der Waals surface area contributed by atoms with Gasteiger partial charge in [0.2, 0.25) is 0 Å². The van der Waals surface area contributed by atoms with Crippen LogP contribution >= 0.6 is 0 Å². The quantitative estimate of drug-likeness (QED) is 0.830. The smallest absolute Gasteiger partial charge is 0.323 e. The first-order valence-corrected chi connectivity index (χ1v) is 6.79. The highest BCUT2D eigenvalue weighted by molar-refractivity contribution is 5.76. The van der Waals surface area contributed by atoms with E-state index in [0.29, 0.717) is 18.6 Å². The Hall–Kier alpha value is -1.35. The maximum Gasteiger partial charge on any atom is 0.323 e. The van der Waals surface area contributed by atoms with Crippen LogP contribution < -0.4 is 5.32 Å². The highest BCUT2D eigenvalue weighted by Crippen LogP contribution is 2.34. The molecule has 3 heteroatoms. The Morgan fingerprint density at radius 1 is 1.28 bits per heavy atom. The van der Waals surface area contributed by atoms with Crippen LogP contribution in [0.15, 0.2) is 30.3 Å². The molecule has 1 saturated heterocycles. The maximum absolute atomic E-state index is 12.0. The van der Waals surface area contributed by atoms with E-state index in [1.807, 2.05) is 30.3 Å². The molecule has 1 N–H and O–H groups in total. The van der Waals surface area contributed by atoms with Crippen molar-refractivity contribution in [2.45, 2.75) is 44.4 Å². The van der Waals surface area contributed by atoms with Crippen molar-refractivity contribution < 1.29 is 9.53 Å². The van der Waals surface area contributed by atoms with E-state index in [2.05, 4.69) is 5.32 Å². The topological polar surface area (TPSA) is 38.3 Å². The number of hydrogen-bond acceptors (Lipinski definition) is 3. The first-order valence-electron chi connectivity index (χ1n) is 6.79. The van der Waals surface area contributed by atoms with Crippen molar-refractivity contribution >= 4 is 5.97 Å². The van der Waals surface area contributed by atoms with Crippen LogP contribution in [0.1, 0.15) is 31.2 Å². The van der Waals surface area contributed by atoms with Crippen molar-refractivity contribution in [3.63, 3.8) is 0 Å². The van der Waals surface area contributed by atoms with Crippen LogP contribution in [0.3, 0.4) is 0 Å². The highest BCUT2D eigenvalue weighted by Gasteiger charge is 2.40. The average molecular weight is 245 g/mol. The molecule has 3 nitrogen and oxygen atoms in total. The van der Waals surface area contributed by atoms with Gasteiger partial charge in [0.1, 0.15) is 12.6 Å². The molecule has 1 saturated carbocycles. The fourth-order valence-corrected chi connectivity index (χ4v) is 3.16. The zero-order valence-electron chi connectivity index (χ0n) is 10.5. The highest BCUT2D eigenvalue weighted by atomic mass is 16.5. The summed E-state index contributed by atoms with van der Waals surface area (Å²) in [7, 11) is 0.